The summed E-state index contributed by atoms with van der Waals surface area (Å²) >= 11 is 0. The van der Waals surface area contributed by atoms with Crippen molar-refractivity contribution in [2.24, 2.45) is 28.9 Å². The molecule has 1 heterocycles. The average Bonchev–Trinajstić information content (AvgIpc) is 2.42. The highest BCUT2D eigenvalue weighted by molar-refractivity contribution is 5.87. The first kappa shape index (κ1) is 14.0. The van der Waals surface area contributed by atoms with Crippen LogP contribution in [-0.4, -0.2) is 25.5 Å². The second-order valence-corrected chi connectivity index (χ2v) is 6.43. The number of nitrogens with two attached hydrogens (primary N) is 1. The van der Waals surface area contributed by atoms with Crippen molar-refractivity contribution in [3.05, 3.63) is 0 Å². The van der Waals surface area contributed by atoms with E-state index in [4.69, 9.17) is 10.5 Å². The Morgan fingerprint density at radius 1 is 1.22 bits per heavy atom. The van der Waals surface area contributed by atoms with Gasteiger partial charge in [0.15, 0.2) is 0 Å². The van der Waals surface area contributed by atoms with Crippen LogP contribution in [0.15, 0.2) is 0 Å². The number of hydrogen-bond acceptors (Lipinski definition) is 3. The smallest absolute Gasteiger partial charge is 0.143 e. The zero-order valence-electron chi connectivity index (χ0n) is 11.8. The summed E-state index contributed by atoms with van der Waals surface area (Å²) in [5.74, 6) is 2.12. The third kappa shape index (κ3) is 2.62. The SMILES string of the molecule is CC1CCC(C(=O)C2(CN)CCOCC2)CC1C. The molecule has 104 valence electrons. The highest BCUT2D eigenvalue weighted by Crippen LogP contribution is 2.40. The van der Waals surface area contributed by atoms with Crippen LogP contribution in [0.4, 0.5) is 0 Å². The predicted octanol–water partition coefficient (Wildman–Crippen LogP) is 2.38. The first-order valence-electron chi connectivity index (χ1n) is 7.41. The van der Waals surface area contributed by atoms with E-state index in [-0.39, 0.29) is 11.3 Å². The number of ketones is 1. The minimum Gasteiger partial charge on any atom is -0.381 e. The molecule has 2 N–H and O–H groups in total. The van der Waals surface area contributed by atoms with Gasteiger partial charge in [-0.15, -0.1) is 0 Å². The monoisotopic (exact) mass is 253 g/mol. The van der Waals surface area contributed by atoms with Crippen molar-refractivity contribution < 1.29 is 9.53 Å². The Morgan fingerprint density at radius 2 is 1.89 bits per heavy atom. The molecule has 1 saturated heterocycles. The van der Waals surface area contributed by atoms with Gasteiger partial charge in [-0.25, -0.2) is 0 Å². The van der Waals surface area contributed by atoms with E-state index < -0.39 is 0 Å². The summed E-state index contributed by atoms with van der Waals surface area (Å²) in [7, 11) is 0. The third-order valence-corrected chi connectivity index (χ3v) is 5.33. The molecule has 0 amide bonds. The zero-order valence-corrected chi connectivity index (χ0v) is 11.8. The number of Topliss-reactive ketones (excluding diaryl/α,β-unsaturated/α-hetero) is 1. The van der Waals surface area contributed by atoms with Crippen molar-refractivity contribution in [3.8, 4) is 0 Å². The van der Waals surface area contributed by atoms with Crippen LogP contribution in [0, 0.1) is 23.2 Å². The Balaban J connectivity index is 2.05. The lowest BCUT2D eigenvalue weighted by atomic mass is 9.66. The van der Waals surface area contributed by atoms with Gasteiger partial charge in [-0.3, -0.25) is 4.79 Å². The van der Waals surface area contributed by atoms with Crippen LogP contribution in [-0.2, 0) is 9.53 Å². The molecular weight excluding hydrogens is 226 g/mol. The molecule has 3 heteroatoms. The molecule has 18 heavy (non-hydrogen) atoms. The highest BCUT2D eigenvalue weighted by atomic mass is 16.5. The van der Waals surface area contributed by atoms with Gasteiger partial charge < -0.3 is 10.5 Å². The number of hydrogen-bond donors (Lipinski definition) is 1. The van der Waals surface area contributed by atoms with E-state index in [9.17, 15) is 4.79 Å². The van der Waals surface area contributed by atoms with Crippen LogP contribution >= 0.6 is 0 Å². The summed E-state index contributed by atoms with van der Waals surface area (Å²) in [5, 5.41) is 0. The molecule has 3 unspecified atom stereocenters. The van der Waals surface area contributed by atoms with Crippen molar-refractivity contribution in [2.45, 2.75) is 46.0 Å². The van der Waals surface area contributed by atoms with E-state index in [1.165, 1.54) is 6.42 Å². The molecule has 2 rings (SSSR count). The van der Waals surface area contributed by atoms with Gasteiger partial charge in [0.1, 0.15) is 5.78 Å². The molecule has 3 atom stereocenters. The normalized spacial score (nSPS) is 36.3. The standard InChI is InChI=1S/C15H27NO2/c1-11-3-4-13(9-12(11)2)14(17)15(10-16)5-7-18-8-6-15/h11-13H,3-10,16H2,1-2H3. The predicted molar refractivity (Wildman–Crippen MR) is 72.2 cm³/mol. The second kappa shape index (κ2) is 5.70. The van der Waals surface area contributed by atoms with Crippen LogP contribution in [0.2, 0.25) is 0 Å². The molecule has 1 aliphatic carbocycles. The van der Waals surface area contributed by atoms with Crippen molar-refractivity contribution >= 4 is 5.78 Å². The lowest BCUT2D eigenvalue weighted by molar-refractivity contribution is -0.139. The fraction of sp³-hybridized carbons (Fsp3) is 0.933. The lowest BCUT2D eigenvalue weighted by Crippen LogP contribution is -2.47. The van der Waals surface area contributed by atoms with E-state index in [2.05, 4.69) is 13.8 Å². The van der Waals surface area contributed by atoms with E-state index in [1.54, 1.807) is 0 Å². The van der Waals surface area contributed by atoms with E-state index >= 15 is 0 Å². The fourth-order valence-corrected chi connectivity index (χ4v) is 3.53. The van der Waals surface area contributed by atoms with Crippen molar-refractivity contribution in [2.75, 3.05) is 19.8 Å². The summed E-state index contributed by atoms with van der Waals surface area (Å²) in [4.78, 5) is 12.8. The molecule has 0 aromatic carbocycles. The lowest BCUT2D eigenvalue weighted by Gasteiger charge is -2.40. The molecule has 0 aromatic rings. The van der Waals surface area contributed by atoms with Crippen LogP contribution in [0.5, 0.6) is 0 Å². The zero-order chi connectivity index (χ0) is 13.2. The quantitative estimate of drug-likeness (QED) is 0.840. The first-order chi connectivity index (χ1) is 8.59. The molecule has 0 radical (unpaired) electrons. The Morgan fingerprint density at radius 3 is 2.44 bits per heavy atom. The van der Waals surface area contributed by atoms with Gasteiger partial charge >= 0.3 is 0 Å². The summed E-state index contributed by atoms with van der Waals surface area (Å²) in [6.45, 7) is 6.47. The van der Waals surface area contributed by atoms with Gasteiger partial charge in [-0.05, 0) is 43.9 Å². The molecule has 1 saturated carbocycles. The first-order valence-corrected chi connectivity index (χ1v) is 7.41. The third-order valence-electron chi connectivity index (χ3n) is 5.33. The van der Waals surface area contributed by atoms with Gasteiger partial charge in [0.25, 0.3) is 0 Å². The summed E-state index contributed by atoms with van der Waals surface area (Å²) in [6, 6.07) is 0. The van der Waals surface area contributed by atoms with Gasteiger partial charge in [-0.1, -0.05) is 13.8 Å². The highest BCUT2D eigenvalue weighted by Gasteiger charge is 2.43. The molecule has 2 aliphatic rings. The number of carbonyl (C=O) groups is 1. The molecular formula is C15H27NO2. The van der Waals surface area contributed by atoms with E-state index in [0.29, 0.717) is 31.5 Å². The van der Waals surface area contributed by atoms with Crippen molar-refractivity contribution in [3.63, 3.8) is 0 Å². The van der Waals surface area contributed by atoms with Crippen LogP contribution < -0.4 is 5.73 Å². The van der Waals surface area contributed by atoms with Crippen LogP contribution in [0.25, 0.3) is 0 Å². The number of rotatable bonds is 3. The Bertz CT molecular complexity index is 297. The minimum atomic E-state index is -0.275. The van der Waals surface area contributed by atoms with Gasteiger partial charge in [-0.2, -0.15) is 0 Å². The maximum atomic E-state index is 12.8. The summed E-state index contributed by atoms with van der Waals surface area (Å²) < 4.78 is 5.39. The Labute approximate surface area is 110 Å². The minimum absolute atomic E-state index is 0.248. The van der Waals surface area contributed by atoms with E-state index in [0.717, 1.165) is 31.6 Å². The van der Waals surface area contributed by atoms with Crippen molar-refractivity contribution in [1.29, 1.82) is 0 Å². The van der Waals surface area contributed by atoms with Gasteiger partial charge in [0.05, 0.1) is 0 Å². The van der Waals surface area contributed by atoms with Gasteiger partial charge in [0, 0.05) is 31.1 Å². The van der Waals surface area contributed by atoms with Crippen LogP contribution in [0.1, 0.15) is 46.0 Å². The maximum Gasteiger partial charge on any atom is 0.143 e. The molecule has 1 aliphatic heterocycles. The van der Waals surface area contributed by atoms with Crippen molar-refractivity contribution in [1.82, 2.24) is 0 Å². The molecule has 2 fully saturated rings. The Hall–Kier alpha value is -0.410. The number of ether oxygens (including phenoxy) is 1. The average molecular weight is 253 g/mol. The molecule has 0 bridgehead atoms. The fourth-order valence-electron chi connectivity index (χ4n) is 3.53. The largest absolute Gasteiger partial charge is 0.381 e. The summed E-state index contributed by atoms with van der Waals surface area (Å²) in [5.41, 5.74) is 5.66. The maximum absolute atomic E-state index is 12.8. The van der Waals surface area contributed by atoms with Gasteiger partial charge in [0.2, 0.25) is 0 Å². The van der Waals surface area contributed by atoms with E-state index in [1.807, 2.05) is 0 Å². The number of carbonyl (C=O) groups excluding carboxylic acids is 1. The second-order valence-electron chi connectivity index (χ2n) is 6.43. The molecule has 0 aromatic heterocycles. The topological polar surface area (TPSA) is 52.3 Å². The molecule has 3 nitrogen and oxygen atoms in total. The molecule has 0 spiro atoms. The Kier molecular flexibility index (Phi) is 4.44. The van der Waals surface area contributed by atoms with Crippen LogP contribution in [0.3, 0.4) is 0 Å². The summed E-state index contributed by atoms with van der Waals surface area (Å²) in [6.07, 6.45) is 4.95.